The molecule has 1 heterocycles. The van der Waals surface area contributed by atoms with Gasteiger partial charge in [0.05, 0.1) is 18.2 Å². The average Bonchev–Trinajstić information content (AvgIpc) is 2.65. The van der Waals surface area contributed by atoms with E-state index in [-0.39, 0.29) is 27.9 Å². The maximum Gasteiger partial charge on any atom is 0.204 e. The Bertz CT molecular complexity index is 1010. The SMILES string of the molecule is CCCN(C)Cc1c(O)cc(O)c2c(=O)c(-c3ccc(OC)cc3)coc12. The zero-order valence-corrected chi connectivity index (χ0v) is 15.7. The standard InChI is InChI=1S/C21H23NO5/c1-4-9-22(2)11-15-17(23)10-18(24)19-20(25)16(12-27-21(15)19)13-5-7-14(26-3)8-6-13/h5-8,10,12,23-24H,4,9,11H2,1-3H3. The highest BCUT2D eigenvalue weighted by atomic mass is 16.5. The summed E-state index contributed by atoms with van der Waals surface area (Å²) >= 11 is 0. The van der Waals surface area contributed by atoms with Crippen molar-refractivity contribution in [2.45, 2.75) is 19.9 Å². The van der Waals surface area contributed by atoms with Crippen molar-refractivity contribution >= 4 is 11.0 Å². The first-order valence-corrected chi connectivity index (χ1v) is 8.78. The van der Waals surface area contributed by atoms with Crippen molar-refractivity contribution in [1.82, 2.24) is 4.90 Å². The van der Waals surface area contributed by atoms with E-state index in [9.17, 15) is 15.0 Å². The monoisotopic (exact) mass is 369 g/mol. The van der Waals surface area contributed by atoms with E-state index in [0.29, 0.717) is 29.0 Å². The van der Waals surface area contributed by atoms with Gasteiger partial charge in [-0.25, -0.2) is 0 Å². The summed E-state index contributed by atoms with van der Waals surface area (Å²) in [5.41, 5.74) is 1.33. The maximum absolute atomic E-state index is 13.0. The van der Waals surface area contributed by atoms with Crippen LogP contribution in [0.1, 0.15) is 18.9 Å². The number of fused-ring (bicyclic) bond motifs is 1. The first-order valence-electron chi connectivity index (χ1n) is 8.78. The van der Waals surface area contributed by atoms with Crippen LogP contribution in [-0.2, 0) is 6.54 Å². The summed E-state index contributed by atoms with van der Waals surface area (Å²) in [6.45, 7) is 3.30. The Morgan fingerprint density at radius 2 is 1.85 bits per heavy atom. The molecule has 0 saturated heterocycles. The predicted molar refractivity (Wildman–Crippen MR) is 104 cm³/mol. The topological polar surface area (TPSA) is 83.1 Å². The summed E-state index contributed by atoms with van der Waals surface area (Å²) in [5, 5.41) is 20.6. The molecule has 6 heteroatoms. The van der Waals surface area contributed by atoms with Gasteiger partial charge in [-0.05, 0) is 37.7 Å². The number of methoxy groups -OCH3 is 1. The minimum atomic E-state index is -0.349. The Morgan fingerprint density at radius 3 is 2.48 bits per heavy atom. The van der Waals surface area contributed by atoms with Crippen molar-refractivity contribution in [3.8, 4) is 28.4 Å². The Balaban J connectivity index is 2.16. The lowest BCUT2D eigenvalue weighted by Crippen LogP contribution is -2.19. The van der Waals surface area contributed by atoms with Gasteiger partial charge in [0.15, 0.2) is 0 Å². The van der Waals surface area contributed by atoms with Crippen LogP contribution < -0.4 is 10.2 Å². The fraction of sp³-hybridized carbons (Fsp3) is 0.286. The summed E-state index contributed by atoms with van der Waals surface area (Å²) in [6, 6.07) is 8.21. The van der Waals surface area contributed by atoms with E-state index in [4.69, 9.17) is 9.15 Å². The summed E-state index contributed by atoms with van der Waals surface area (Å²) < 4.78 is 10.9. The third-order valence-electron chi connectivity index (χ3n) is 4.54. The molecule has 0 amide bonds. The molecule has 0 atom stereocenters. The second-order valence-corrected chi connectivity index (χ2v) is 6.54. The molecule has 3 rings (SSSR count). The van der Waals surface area contributed by atoms with E-state index in [1.165, 1.54) is 12.3 Å². The minimum absolute atomic E-state index is 0.0704. The first-order chi connectivity index (χ1) is 13.0. The molecule has 2 N–H and O–H groups in total. The van der Waals surface area contributed by atoms with E-state index >= 15 is 0 Å². The molecule has 0 fully saturated rings. The zero-order chi connectivity index (χ0) is 19.6. The van der Waals surface area contributed by atoms with Crippen molar-refractivity contribution in [1.29, 1.82) is 0 Å². The normalized spacial score (nSPS) is 11.3. The van der Waals surface area contributed by atoms with E-state index in [0.717, 1.165) is 13.0 Å². The molecular weight excluding hydrogens is 346 g/mol. The number of nitrogens with zero attached hydrogens (tertiary/aromatic N) is 1. The lowest BCUT2D eigenvalue weighted by Gasteiger charge is -2.17. The number of benzene rings is 2. The predicted octanol–water partition coefficient (Wildman–Crippen LogP) is 3.72. The van der Waals surface area contributed by atoms with E-state index in [1.54, 1.807) is 31.4 Å². The van der Waals surface area contributed by atoms with Gasteiger partial charge < -0.3 is 24.3 Å². The Labute approximate surface area is 157 Å². The lowest BCUT2D eigenvalue weighted by atomic mass is 10.0. The van der Waals surface area contributed by atoms with Crippen molar-refractivity contribution in [2.24, 2.45) is 0 Å². The number of phenolic OH excluding ortho intramolecular Hbond substituents is 2. The largest absolute Gasteiger partial charge is 0.507 e. The summed E-state index contributed by atoms with van der Waals surface area (Å²) in [4.78, 5) is 15.0. The smallest absolute Gasteiger partial charge is 0.204 e. The van der Waals surface area contributed by atoms with Gasteiger partial charge in [-0.15, -0.1) is 0 Å². The minimum Gasteiger partial charge on any atom is -0.507 e. The molecule has 0 unspecified atom stereocenters. The van der Waals surface area contributed by atoms with Crippen LogP contribution in [0.4, 0.5) is 0 Å². The molecule has 27 heavy (non-hydrogen) atoms. The molecule has 6 nitrogen and oxygen atoms in total. The summed E-state index contributed by atoms with van der Waals surface area (Å²) in [5.74, 6) is 0.287. The van der Waals surface area contributed by atoms with Gasteiger partial charge in [0, 0.05) is 12.6 Å². The fourth-order valence-electron chi connectivity index (χ4n) is 3.18. The van der Waals surface area contributed by atoms with Crippen LogP contribution in [0.25, 0.3) is 22.1 Å². The van der Waals surface area contributed by atoms with E-state index in [2.05, 4.69) is 6.92 Å². The van der Waals surface area contributed by atoms with Crippen molar-refractivity contribution in [3.63, 3.8) is 0 Å². The van der Waals surface area contributed by atoms with Crippen molar-refractivity contribution in [2.75, 3.05) is 20.7 Å². The Kier molecular flexibility index (Phi) is 5.37. The maximum atomic E-state index is 13.0. The number of ether oxygens (including phenoxy) is 1. The van der Waals surface area contributed by atoms with Gasteiger partial charge >= 0.3 is 0 Å². The quantitative estimate of drug-likeness (QED) is 0.689. The molecule has 1 aromatic heterocycles. The van der Waals surface area contributed by atoms with E-state index in [1.807, 2.05) is 11.9 Å². The highest BCUT2D eigenvalue weighted by molar-refractivity contribution is 5.90. The van der Waals surface area contributed by atoms with Crippen LogP contribution in [0.5, 0.6) is 17.2 Å². The van der Waals surface area contributed by atoms with Crippen molar-refractivity contribution in [3.05, 3.63) is 52.4 Å². The zero-order valence-electron chi connectivity index (χ0n) is 15.7. The van der Waals surface area contributed by atoms with Crippen LogP contribution >= 0.6 is 0 Å². The van der Waals surface area contributed by atoms with Crippen LogP contribution in [0.15, 0.2) is 45.8 Å². The third kappa shape index (κ3) is 3.61. The molecular formula is C21H23NO5. The molecule has 0 bridgehead atoms. The first kappa shape index (κ1) is 18.8. The van der Waals surface area contributed by atoms with Gasteiger partial charge in [-0.1, -0.05) is 19.1 Å². The van der Waals surface area contributed by atoms with Gasteiger partial charge in [-0.2, -0.15) is 0 Å². The van der Waals surface area contributed by atoms with E-state index < -0.39 is 0 Å². The molecule has 0 saturated carbocycles. The van der Waals surface area contributed by atoms with Crippen LogP contribution in [0.2, 0.25) is 0 Å². The third-order valence-corrected chi connectivity index (χ3v) is 4.54. The number of hydrogen-bond acceptors (Lipinski definition) is 6. The molecule has 2 aromatic carbocycles. The number of aromatic hydroxyl groups is 2. The molecule has 3 aromatic rings. The summed E-state index contributed by atoms with van der Waals surface area (Å²) in [7, 11) is 3.49. The highest BCUT2D eigenvalue weighted by Gasteiger charge is 2.20. The van der Waals surface area contributed by atoms with Gasteiger partial charge in [-0.3, -0.25) is 4.79 Å². The number of phenols is 2. The van der Waals surface area contributed by atoms with Gasteiger partial charge in [0.1, 0.15) is 34.5 Å². The number of rotatable bonds is 6. The van der Waals surface area contributed by atoms with Crippen LogP contribution in [0, 0.1) is 0 Å². The van der Waals surface area contributed by atoms with Gasteiger partial charge in [0.2, 0.25) is 5.43 Å². The fourth-order valence-corrected chi connectivity index (χ4v) is 3.18. The molecule has 0 spiro atoms. The lowest BCUT2D eigenvalue weighted by molar-refractivity contribution is 0.319. The highest BCUT2D eigenvalue weighted by Crippen LogP contribution is 2.35. The second kappa shape index (κ2) is 7.72. The second-order valence-electron chi connectivity index (χ2n) is 6.54. The van der Waals surface area contributed by atoms with Crippen LogP contribution in [-0.4, -0.2) is 35.8 Å². The van der Waals surface area contributed by atoms with Gasteiger partial charge in [0.25, 0.3) is 0 Å². The molecule has 0 aliphatic heterocycles. The Morgan fingerprint density at radius 1 is 1.15 bits per heavy atom. The molecule has 142 valence electrons. The molecule has 0 aliphatic rings. The van der Waals surface area contributed by atoms with Crippen molar-refractivity contribution < 1.29 is 19.4 Å². The number of hydrogen-bond donors (Lipinski definition) is 2. The molecule has 0 aliphatic carbocycles. The average molecular weight is 369 g/mol. The Hall–Kier alpha value is -2.99. The van der Waals surface area contributed by atoms with Crippen LogP contribution in [0.3, 0.4) is 0 Å². The molecule has 0 radical (unpaired) electrons. The summed E-state index contributed by atoms with van der Waals surface area (Å²) in [6.07, 6.45) is 2.33.